The molecule has 2 bridgehead atoms. The quantitative estimate of drug-likeness (QED) is 0.751. The van der Waals surface area contributed by atoms with Crippen LogP contribution in [0.1, 0.15) is 41.6 Å². The Hall–Kier alpha value is -0.830. The average Bonchev–Trinajstić information content (AvgIpc) is 2.71. The van der Waals surface area contributed by atoms with Crippen LogP contribution in [0.25, 0.3) is 0 Å². The highest BCUT2D eigenvalue weighted by molar-refractivity contribution is 8.00. The van der Waals surface area contributed by atoms with Crippen LogP contribution in [-0.2, 0) is 0 Å². The zero-order valence-corrected chi connectivity index (χ0v) is 11.3. The van der Waals surface area contributed by atoms with Crippen LogP contribution in [0, 0.1) is 18.7 Å². The minimum Gasteiger partial charge on any atom is -0.294 e. The van der Waals surface area contributed by atoms with Gasteiger partial charge in [0.2, 0.25) is 0 Å². The molecule has 3 heteroatoms. The van der Waals surface area contributed by atoms with E-state index >= 15 is 0 Å². The first kappa shape index (κ1) is 12.2. The van der Waals surface area contributed by atoms with Crippen molar-refractivity contribution in [1.82, 2.24) is 0 Å². The maximum absolute atomic E-state index is 14.0. The van der Waals surface area contributed by atoms with Gasteiger partial charge in [0.1, 0.15) is 5.82 Å². The first-order valence-corrected chi connectivity index (χ1v) is 7.54. The van der Waals surface area contributed by atoms with Gasteiger partial charge in [0.25, 0.3) is 0 Å². The molecule has 0 spiro atoms. The second kappa shape index (κ2) is 4.69. The van der Waals surface area contributed by atoms with E-state index in [1.165, 1.54) is 12.8 Å². The summed E-state index contributed by atoms with van der Waals surface area (Å²) in [5, 5.41) is 1.26. The van der Waals surface area contributed by atoms with Crippen LogP contribution in [0.4, 0.5) is 4.39 Å². The molecule has 1 aromatic rings. The molecule has 0 aromatic heterocycles. The van der Waals surface area contributed by atoms with Crippen molar-refractivity contribution < 1.29 is 9.18 Å². The summed E-state index contributed by atoms with van der Waals surface area (Å²) in [5.74, 6) is -0.262. The number of hydrogen-bond acceptors (Lipinski definition) is 2. The summed E-state index contributed by atoms with van der Waals surface area (Å²) in [6, 6.07) is 5.12. The van der Waals surface area contributed by atoms with E-state index in [4.69, 9.17) is 0 Å². The third kappa shape index (κ3) is 2.09. The Bertz CT molecular complexity index is 473. The maximum atomic E-state index is 14.0. The number of fused-ring (bicyclic) bond motifs is 2. The van der Waals surface area contributed by atoms with Gasteiger partial charge < -0.3 is 0 Å². The molecule has 2 aliphatic heterocycles. The molecule has 0 N–H and O–H groups in total. The lowest BCUT2D eigenvalue weighted by Crippen LogP contribution is -2.25. The highest BCUT2D eigenvalue weighted by Crippen LogP contribution is 2.46. The lowest BCUT2D eigenvalue weighted by atomic mass is 9.89. The van der Waals surface area contributed by atoms with Gasteiger partial charge >= 0.3 is 0 Å². The largest absolute Gasteiger partial charge is 0.294 e. The number of thioether (sulfide) groups is 1. The minimum atomic E-state index is -0.326. The van der Waals surface area contributed by atoms with Gasteiger partial charge in [-0.3, -0.25) is 4.79 Å². The number of Topliss-reactive ketones (excluding diaryl/α,β-unsaturated/α-hetero) is 1. The Labute approximate surface area is 111 Å². The number of carbonyl (C=O) groups is 1. The van der Waals surface area contributed by atoms with Crippen molar-refractivity contribution in [2.75, 3.05) is 0 Å². The summed E-state index contributed by atoms with van der Waals surface area (Å²) in [7, 11) is 0. The van der Waals surface area contributed by atoms with Gasteiger partial charge in [-0.25, -0.2) is 4.39 Å². The maximum Gasteiger partial charge on any atom is 0.168 e. The molecule has 1 nitrogen and oxygen atoms in total. The second-order valence-corrected chi connectivity index (χ2v) is 7.03. The van der Waals surface area contributed by atoms with Crippen molar-refractivity contribution >= 4 is 17.5 Å². The van der Waals surface area contributed by atoms with E-state index in [-0.39, 0.29) is 17.5 Å². The number of ketones is 1. The minimum absolute atomic E-state index is 0.0217. The molecular weight excluding hydrogens is 247 g/mol. The van der Waals surface area contributed by atoms with Crippen molar-refractivity contribution in [3.63, 3.8) is 0 Å². The number of aryl methyl sites for hydroxylation is 1. The van der Waals surface area contributed by atoms with Crippen molar-refractivity contribution in [1.29, 1.82) is 0 Å². The summed E-state index contributed by atoms with van der Waals surface area (Å²) in [6.07, 6.45) is 4.34. The lowest BCUT2D eigenvalue weighted by Gasteiger charge is -2.26. The van der Waals surface area contributed by atoms with Crippen LogP contribution < -0.4 is 0 Å². The van der Waals surface area contributed by atoms with E-state index in [9.17, 15) is 9.18 Å². The van der Waals surface area contributed by atoms with Gasteiger partial charge in [0.15, 0.2) is 5.78 Å². The average molecular weight is 264 g/mol. The molecular formula is C15H17FOS. The molecule has 2 fully saturated rings. The topological polar surface area (TPSA) is 17.1 Å². The number of rotatable bonds is 2. The Morgan fingerprint density at radius 1 is 1.28 bits per heavy atom. The third-order valence-corrected chi connectivity index (χ3v) is 5.74. The fourth-order valence-corrected chi connectivity index (χ4v) is 4.90. The molecule has 2 atom stereocenters. The smallest absolute Gasteiger partial charge is 0.168 e. The zero-order chi connectivity index (χ0) is 12.7. The van der Waals surface area contributed by atoms with E-state index in [0.29, 0.717) is 21.6 Å². The molecule has 18 heavy (non-hydrogen) atoms. The molecule has 2 aliphatic rings. The summed E-state index contributed by atoms with van der Waals surface area (Å²) >= 11 is 2.03. The van der Waals surface area contributed by atoms with Crippen LogP contribution in [0.5, 0.6) is 0 Å². The monoisotopic (exact) mass is 264 g/mol. The Kier molecular flexibility index (Phi) is 3.18. The highest BCUT2D eigenvalue weighted by atomic mass is 32.2. The van der Waals surface area contributed by atoms with Gasteiger partial charge in [0.05, 0.1) is 5.56 Å². The fraction of sp³-hybridized carbons (Fsp3) is 0.533. The van der Waals surface area contributed by atoms with E-state index in [1.54, 1.807) is 25.1 Å². The zero-order valence-electron chi connectivity index (χ0n) is 10.5. The van der Waals surface area contributed by atoms with Crippen molar-refractivity contribution in [3.8, 4) is 0 Å². The first-order chi connectivity index (χ1) is 8.65. The van der Waals surface area contributed by atoms with Crippen LogP contribution in [0.2, 0.25) is 0 Å². The lowest BCUT2D eigenvalue weighted by molar-refractivity contribution is 0.0902. The van der Waals surface area contributed by atoms with E-state index in [0.717, 1.165) is 12.8 Å². The number of hydrogen-bond donors (Lipinski definition) is 0. The normalized spacial score (nSPS) is 30.4. The van der Waals surface area contributed by atoms with E-state index in [1.807, 2.05) is 11.8 Å². The standard InChI is InChI=1S/C15H17FOS/c1-9-3-2-4-13(14(9)16)15(17)10-7-11-5-6-12(8-10)18-11/h2-4,10-12H,5-8H2,1H3. The number of benzene rings is 1. The predicted octanol–water partition coefficient (Wildman–Crippen LogP) is 3.99. The molecule has 0 amide bonds. The van der Waals surface area contributed by atoms with Crippen LogP contribution in [0.15, 0.2) is 18.2 Å². The SMILES string of the molecule is Cc1cccc(C(=O)C2CC3CCC(C2)S3)c1F. The molecule has 0 radical (unpaired) electrons. The summed E-state index contributed by atoms with van der Waals surface area (Å²) < 4.78 is 14.0. The highest BCUT2D eigenvalue weighted by Gasteiger charge is 2.38. The van der Waals surface area contributed by atoms with Crippen molar-refractivity contribution in [2.45, 2.75) is 43.1 Å². The summed E-state index contributed by atoms with van der Waals surface area (Å²) in [5.41, 5.74) is 0.861. The van der Waals surface area contributed by atoms with Gasteiger partial charge in [-0.1, -0.05) is 12.1 Å². The van der Waals surface area contributed by atoms with Gasteiger partial charge in [-0.15, -0.1) is 0 Å². The Balaban J connectivity index is 1.84. The second-order valence-electron chi connectivity index (χ2n) is 5.43. The third-order valence-electron chi connectivity index (χ3n) is 4.12. The van der Waals surface area contributed by atoms with Crippen LogP contribution in [-0.4, -0.2) is 16.3 Å². The number of halogens is 1. The van der Waals surface area contributed by atoms with Crippen molar-refractivity contribution in [2.24, 2.45) is 5.92 Å². The summed E-state index contributed by atoms with van der Waals surface area (Å²) in [6.45, 7) is 1.71. The molecule has 2 saturated heterocycles. The summed E-state index contributed by atoms with van der Waals surface area (Å²) in [4.78, 5) is 12.4. The molecule has 2 heterocycles. The van der Waals surface area contributed by atoms with Gasteiger partial charge in [-0.2, -0.15) is 11.8 Å². The van der Waals surface area contributed by atoms with Crippen LogP contribution >= 0.6 is 11.8 Å². The Morgan fingerprint density at radius 2 is 1.94 bits per heavy atom. The molecule has 0 saturated carbocycles. The van der Waals surface area contributed by atoms with E-state index in [2.05, 4.69) is 0 Å². The Morgan fingerprint density at radius 3 is 2.61 bits per heavy atom. The van der Waals surface area contributed by atoms with Crippen LogP contribution in [0.3, 0.4) is 0 Å². The molecule has 1 aromatic carbocycles. The first-order valence-electron chi connectivity index (χ1n) is 6.60. The molecule has 96 valence electrons. The predicted molar refractivity (Wildman–Crippen MR) is 72.6 cm³/mol. The molecule has 0 aliphatic carbocycles. The van der Waals surface area contributed by atoms with Gasteiger partial charge in [0, 0.05) is 16.4 Å². The number of carbonyl (C=O) groups excluding carboxylic acids is 1. The van der Waals surface area contributed by atoms with Crippen molar-refractivity contribution in [3.05, 3.63) is 35.1 Å². The van der Waals surface area contributed by atoms with E-state index < -0.39 is 0 Å². The van der Waals surface area contributed by atoms with Gasteiger partial charge in [-0.05, 0) is 44.2 Å². The molecule has 2 unspecified atom stereocenters. The fourth-order valence-electron chi connectivity index (χ4n) is 3.13. The molecule has 3 rings (SSSR count).